The lowest BCUT2D eigenvalue weighted by Crippen LogP contribution is -2.60. The van der Waals surface area contributed by atoms with Crippen LogP contribution in [0.5, 0.6) is 0 Å². The summed E-state index contributed by atoms with van der Waals surface area (Å²) in [7, 11) is 0. The van der Waals surface area contributed by atoms with Crippen molar-refractivity contribution in [3.8, 4) is 0 Å². The lowest BCUT2D eigenvalue weighted by Gasteiger charge is -2.41. The van der Waals surface area contributed by atoms with E-state index in [1.807, 2.05) is 18.7 Å². The number of hydrogen-bond acceptors (Lipinski definition) is 3. The Labute approximate surface area is 116 Å². The third-order valence-corrected chi connectivity index (χ3v) is 3.88. The first-order valence-electron chi connectivity index (χ1n) is 6.75. The molecule has 106 valence electrons. The first-order valence-corrected chi connectivity index (χ1v) is 6.75. The molecule has 4 nitrogen and oxygen atoms in total. The van der Waals surface area contributed by atoms with E-state index >= 15 is 0 Å². The summed E-state index contributed by atoms with van der Waals surface area (Å²) in [5.41, 5.74) is 5.69. The Morgan fingerprint density at radius 2 is 1.67 bits per heavy atom. The molecule has 1 saturated heterocycles. The van der Waals surface area contributed by atoms with Gasteiger partial charge in [-0.15, -0.1) is 12.4 Å². The van der Waals surface area contributed by atoms with Gasteiger partial charge < -0.3 is 15.4 Å². The van der Waals surface area contributed by atoms with E-state index in [0.29, 0.717) is 13.1 Å². The number of nitrogens with two attached hydrogens (primary N) is 1. The first kappa shape index (κ1) is 15.7. The highest BCUT2D eigenvalue weighted by Gasteiger charge is 2.40. The molecule has 0 bridgehead atoms. The van der Waals surface area contributed by atoms with Gasteiger partial charge in [0.1, 0.15) is 0 Å². The van der Waals surface area contributed by atoms with Crippen molar-refractivity contribution in [2.24, 2.45) is 5.73 Å². The van der Waals surface area contributed by atoms with Gasteiger partial charge in [0.25, 0.3) is 0 Å². The zero-order valence-electron chi connectivity index (χ0n) is 11.4. The molecular formula is C13H25ClN2O2. The third kappa shape index (κ3) is 3.37. The largest absolute Gasteiger partial charge is 0.372 e. The fourth-order valence-corrected chi connectivity index (χ4v) is 3.06. The van der Waals surface area contributed by atoms with Crippen LogP contribution in [0.1, 0.15) is 46.0 Å². The minimum Gasteiger partial charge on any atom is -0.372 e. The SMILES string of the molecule is CC1CN(C(=O)C2(N)CCCCC2)CC(C)O1.Cl. The molecule has 2 N–H and O–H groups in total. The van der Waals surface area contributed by atoms with Crippen LogP contribution in [0.4, 0.5) is 0 Å². The molecular weight excluding hydrogens is 252 g/mol. The summed E-state index contributed by atoms with van der Waals surface area (Å²) in [6.45, 7) is 5.39. The Balaban J connectivity index is 0.00000162. The molecule has 1 saturated carbocycles. The molecule has 0 aromatic heterocycles. The molecule has 2 atom stereocenters. The molecule has 2 unspecified atom stereocenters. The number of ether oxygens (including phenoxy) is 1. The first-order chi connectivity index (χ1) is 8.01. The van der Waals surface area contributed by atoms with Gasteiger partial charge in [-0.2, -0.15) is 0 Å². The number of rotatable bonds is 1. The second-order valence-corrected chi connectivity index (χ2v) is 5.68. The molecule has 1 aliphatic carbocycles. The van der Waals surface area contributed by atoms with Gasteiger partial charge in [-0.05, 0) is 26.7 Å². The van der Waals surface area contributed by atoms with E-state index in [9.17, 15) is 4.79 Å². The number of amides is 1. The number of hydrogen-bond donors (Lipinski definition) is 1. The van der Waals surface area contributed by atoms with Crippen molar-refractivity contribution in [3.63, 3.8) is 0 Å². The van der Waals surface area contributed by atoms with Gasteiger partial charge in [0.2, 0.25) is 5.91 Å². The summed E-state index contributed by atoms with van der Waals surface area (Å²) in [6, 6.07) is 0. The van der Waals surface area contributed by atoms with E-state index in [4.69, 9.17) is 10.5 Å². The van der Waals surface area contributed by atoms with Crippen LogP contribution in [-0.4, -0.2) is 41.6 Å². The van der Waals surface area contributed by atoms with Gasteiger partial charge in [0, 0.05) is 13.1 Å². The summed E-state index contributed by atoms with van der Waals surface area (Å²) >= 11 is 0. The van der Waals surface area contributed by atoms with E-state index in [1.54, 1.807) is 0 Å². The number of carbonyl (C=O) groups excluding carboxylic acids is 1. The van der Waals surface area contributed by atoms with Crippen molar-refractivity contribution in [2.45, 2.75) is 63.7 Å². The summed E-state index contributed by atoms with van der Waals surface area (Å²) in [5.74, 6) is 0.138. The maximum atomic E-state index is 12.5. The van der Waals surface area contributed by atoms with Crippen molar-refractivity contribution in [2.75, 3.05) is 13.1 Å². The van der Waals surface area contributed by atoms with Crippen LogP contribution in [0.2, 0.25) is 0 Å². The Kier molecular flexibility index (Phi) is 5.44. The van der Waals surface area contributed by atoms with Crippen molar-refractivity contribution >= 4 is 18.3 Å². The van der Waals surface area contributed by atoms with Crippen molar-refractivity contribution in [1.29, 1.82) is 0 Å². The number of morpholine rings is 1. The topological polar surface area (TPSA) is 55.6 Å². The van der Waals surface area contributed by atoms with Gasteiger partial charge >= 0.3 is 0 Å². The Morgan fingerprint density at radius 1 is 1.17 bits per heavy atom. The molecule has 2 rings (SSSR count). The maximum Gasteiger partial charge on any atom is 0.242 e. The highest BCUT2D eigenvalue weighted by molar-refractivity contribution is 5.86. The molecule has 0 radical (unpaired) electrons. The van der Waals surface area contributed by atoms with Crippen molar-refractivity contribution in [3.05, 3.63) is 0 Å². The quantitative estimate of drug-likeness (QED) is 0.793. The smallest absolute Gasteiger partial charge is 0.242 e. The van der Waals surface area contributed by atoms with Crippen LogP contribution in [0.15, 0.2) is 0 Å². The second-order valence-electron chi connectivity index (χ2n) is 5.68. The van der Waals surface area contributed by atoms with E-state index in [0.717, 1.165) is 25.7 Å². The monoisotopic (exact) mass is 276 g/mol. The predicted molar refractivity (Wildman–Crippen MR) is 73.8 cm³/mol. The molecule has 1 aliphatic heterocycles. The fraction of sp³-hybridized carbons (Fsp3) is 0.923. The van der Waals surface area contributed by atoms with Crippen LogP contribution in [0.25, 0.3) is 0 Å². The lowest BCUT2D eigenvalue weighted by molar-refractivity contribution is -0.150. The molecule has 5 heteroatoms. The highest BCUT2D eigenvalue weighted by atomic mass is 35.5. The van der Waals surface area contributed by atoms with Crippen LogP contribution in [0, 0.1) is 0 Å². The maximum absolute atomic E-state index is 12.5. The van der Waals surface area contributed by atoms with Crippen LogP contribution in [0.3, 0.4) is 0 Å². The fourth-order valence-electron chi connectivity index (χ4n) is 3.06. The zero-order valence-corrected chi connectivity index (χ0v) is 12.2. The van der Waals surface area contributed by atoms with Gasteiger partial charge in [-0.25, -0.2) is 0 Å². The Morgan fingerprint density at radius 3 is 2.17 bits per heavy atom. The second kappa shape index (κ2) is 6.22. The average molecular weight is 277 g/mol. The average Bonchev–Trinajstić information content (AvgIpc) is 2.27. The van der Waals surface area contributed by atoms with E-state index < -0.39 is 5.54 Å². The van der Waals surface area contributed by atoms with Gasteiger partial charge in [0.15, 0.2) is 0 Å². The molecule has 18 heavy (non-hydrogen) atoms. The van der Waals surface area contributed by atoms with Crippen molar-refractivity contribution < 1.29 is 9.53 Å². The molecule has 1 amide bonds. The van der Waals surface area contributed by atoms with Crippen LogP contribution in [-0.2, 0) is 9.53 Å². The summed E-state index contributed by atoms with van der Waals surface area (Å²) in [5, 5.41) is 0. The number of carbonyl (C=O) groups is 1. The zero-order chi connectivity index (χ0) is 12.5. The predicted octanol–water partition coefficient (Wildman–Crippen LogP) is 1.71. The molecule has 1 heterocycles. The van der Waals surface area contributed by atoms with E-state index in [1.165, 1.54) is 6.42 Å². The van der Waals surface area contributed by atoms with Gasteiger partial charge in [0.05, 0.1) is 17.7 Å². The minimum absolute atomic E-state index is 0. The van der Waals surface area contributed by atoms with Crippen molar-refractivity contribution in [1.82, 2.24) is 4.90 Å². The summed E-state index contributed by atoms with van der Waals surface area (Å²) in [4.78, 5) is 14.4. The summed E-state index contributed by atoms with van der Waals surface area (Å²) in [6.07, 6.45) is 5.29. The summed E-state index contributed by atoms with van der Waals surface area (Å²) < 4.78 is 5.65. The Hall–Kier alpha value is -0.320. The highest BCUT2D eigenvalue weighted by Crippen LogP contribution is 2.28. The molecule has 0 aromatic carbocycles. The molecule has 2 aliphatic rings. The standard InChI is InChI=1S/C13H24N2O2.ClH/c1-10-8-15(9-11(2)17-10)12(16)13(14)6-4-3-5-7-13;/h10-11H,3-9,14H2,1-2H3;1H. The molecule has 2 fully saturated rings. The third-order valence-electron chi connectivity index (χ3n) is 3.88. The molecule has 0 spiro atoms. The van der Waals surface area contributed by atoms with Gasteiger partial charge in [-0.3, -0.25) is 4.79 Å². The lowest BCUT2D eigenvalue weighted by atomic mass is 9.81. The molecule has 0 aromatic rings. The van der Waals surface area contributed by atoms with Gasteiger partial charge in [-0.1, -0.05) is 19.3 Å². The van der Waals surface area contributed by atoms with E-state index in [-0.39, 0.29) is 30.5 Å². The normalized spacial score (nSPS) is 31.6. The van der Waals surface area contributed by atoms with Crippen LogP contribution < -0.4 is 5.73 Å². The van der Waals surface area contributed by atoms with E-state index in [2.05, 4.69) is 0 Å². The Bertz CT molecular complexity index is 283. The number of halogens is 1. The van der Waals surface area contributed by atoms with Crippen LogP contribution >= 0.6 is 12.4 Å². The number of nitrogens with zero attached hydrogens (tertiary/aromatic N) is 1. The minimum atomic E-state index is -0.602.